The van der Waals surface area contributed by atoms with E-state index in [2.05, 4.69) is 30.1 Å². The second-order valence-corrected chi connectivity index (χ2v) is 6.12. The number of ether oxygens (including phenoxy) is 2. The molecule has 0 unspecified atom stereocenters. The van der Waals surface area contributed by atoms with Crippen LogP contribution >= 0.6 is 0 Å². The number of rotatable bonds is 6. The molecule has 10 heteroatoms. The van der Waals surface area contributed by atoms with Gasteiger partial charge >= 0.3 is 11.9 Å². The second kappa shape index (κ2) is 10.3. The van der Waals surface area contributed by atoms with E-state index < -0.39 is 0 Å². The van der Waals surface area contributed by atoms with Gasteiger partial charge in [0, 0.05) is 6.20 Å². The first-order valence-electron chi connectivity index (χ1n) is 8.20. The average Bonchev–Trinajstić information content (AvgIpc) is 3.24. The summed E-state index contributed by atoms with van der Waals surface area (Å²) in [6, 6.07) is 0. The molecule has 0 N–H and O–H groups in total. The number of esters is 2. The summed E-state index contributed by atoms with van der Waals surface area (Å²) < 4.78 is 12.1. The minimum Gasteiger partial charge on any atom is -0.468 e. The van der Waals surface area contributed by atoms with Gasteiger partial charge in [-0.05, 0) is 11.8 Å². The molecule has 0 aliphatic heterocycles. The first-order chi connectivity index (χ1) is 12.3. The molecule has 0 aromatic carbocycles. The molecular formula is C16H26N6O4. The smallest absolute Gasteiger partial charge is 0.327 e. The Kier molecular flexibility index (Phi) is 8.40. The van der Waals surface area contributed by atoms with Gasteiger partial charge in [0.25, 0.3) is 0 Å². The monoisotopic (exact) mass is 366 g/mol. The molecule has 0 fully saturated rings. The third-order valence-corrected chi connectivity index (χ3v) is 3.41. The van der Waals surface area contributed by atoms with Crippen molar-refractivity contribution in [3.05, 3.63) is 23.8 Å². The summed E-state index contributed by atoms with van der Waals surface area (Å²) >= 11 is 0. The predicted molar refractivity (Wildman–Crippen MR) is 92.3 cm³/mol. The second-order valence-electron chi connectivity index (χ2n) is 6.12. The molecule has 0 radical (unpaired) electrons. The first kappa shape index (κ1) is 21.3. The molecule has 0 spiro atoms. The van der Waals surface area contributed by atoms with Crippen molar-refractivity contribution in [3.8, 4) is 0 Å². The van der Waals surface area contributed by atoms with Gasteiger partial charge in [0.05, 0.1) is 31.8 Å². The van der Waals surface area contributed by atoms with Gasteiger partial charge in [0.15, 0.2) is 0 Å². The van der Waals surface area contributed by atoms with E-state index >= 15 is 0 Å². The minimum absolute atomic E-state index is 0.121. The lowest BCUT2D eigenvalue weighted by Gasteiger charge is -2.06. The van der Waals surface area contributed by atoms with E-state index in [1.165, 1.54) is 18.9 Å². The lowest BCUT2D eigenvalue weighted by Crippen LogP contribution is -2.15. The first-order valence-corrected chi connectivity index (χ1v) is 8.20. The molecule has 0 aliphatic carbocycles. The molecule has 2 aromatic heterocycles. The van der Waals surface area contributed by atoms with Crippen molar-refractivity contribution >= 4 is 11.9 Å². The van der Waals surface area contributed by atoms with Crippen molar-refractivity contribution in [2.75, 3.05) is 14.2 Å². The molecule has 0 saturated heterocycles. The third kappa shape index (κ3) is 6.61. The molecule has 26 heavy (non-hydrogen) atoms. The van der Waals surface area contributed by atoms with Gasteiger partial charge in [0.2, 0.25) is 0 Å². The van der Waals surface area contributed by atoms with Gasteiger partial charge < -0.3 is 9.47 Å². The zero-order valence-corrected chi connectivity index (χ0v) is 16.0. The maximum Gasteiger partial charge on any atom is 0.327 e. The maximum atomic E-state index is 10.9. The van der Waals surface area contributed by atoms with Gasteiger partial charge in [0.1, 0.15) is 13.1 Å². The van der Waals surface area contributed by atoms with Crippen molar-refractivity contribution < 1.29 is 19.1 Å². The van der Waals surface area contributed by atoms with E-state index in [0.29, 0.717) is 11.8 Å². The van der Waals surface area contributed by atoms with Crippen LogP contribution in [0.25, 0.3) is 0 Å². The number of nitrogens with zero attached hydrogens (tertiary/aromatic N) is 6. The van der Waals surface area contributed by atoms with Gasteiger partial charge in [-0.3, -0.25) is 9.59 Å². The van der Waals surface area contributed by atoms with E-state index in [4.69, 9.17) is 0 Å². The molecule has 144 valence electrons. The summed E-state index contributed by atoms with van der Waals surface area (Å²) in [4.78, 5) is 21.8. The van der Waals surface area contributed by atoms with Gasteiger partial charge in [-0.1, -0.05) is 38.1 Å². The zero-order valence-electron chi connectivity index (χ0n) is 16.0. The average molecular weight is 366 g/mol. The number of hydrogen-bond acceptors (Lipinski definition) is 8. The lowest BCUT2D eigenvalue weighted by molar-refractivity contribution is -0.142. The van der Waals surface area contributed by atoms with Crippen molar-refractivity contribution in [3.63, 3.8) is 0 Å². The van der Waals surface area contributed by atoms with E-state index in [-0.39, 0.29) is 25.0 Å². The molecule has 0 bridgehead atoms. The molecule has 0 atom stereocenters. The molecule has 10 nitrogen and oxygen atoms in total. The Hall–Kier alpha value is -2.78. The Bertz CT molecular complexity index is 707. The lowest BCUT2D eigenvalue weighted by atomic mass is 10.1. The van der Waals surface area contributed by atoms with Crippen LogP contribution in [0.15, 0.2) is 12.4 Å². The van der Waals surface area contributed by atoms with Crippen molar-refractivity contribution in [1.29, 1.82) is 0 Å². The topological polar surface area (TPSA) is 114 Å². The molecule has 0 amide bonds. The van der Waals surface area contributed by atoms with Crippen LogP contribution in [0.5, 0.6) is 0 Å². The van der Waals surface area contributed by atoms with Crippen LogP contribution in [-0.2, 0) is 32.2 Å². The predicted octanol–water partition coefficient (Wildman–Crippen LogP) is 1.15. The Morgan fingerprint density at radius 1 is 1.00 bits per heavy atom. The van der Waals surface area contributed by atoms with Crippen molar-refractivity contribution in [2.24, 2.45) is 0 Å². The molecular weight excluding hydrogens is 340 g/mol. The Balaban J connectivity index is 0.000000260. The van der Waals surface area contributed by atoms with E-state index in [0.717, 1.165) is 11.4 Å². The molecule has 2 aromatic rings. The molecule has 0 saturated carbocycles. The highest BCUT2D eigenvalue weighted by molar-refractivity contribution is 5.69. The van der Waals surface area contributed by atoms with Gasteiger partial charge in [-0.25, -0.2) is 9.36 Å². The van der Waals surface area contributed by atoms with Gasteiger partial charge in [-0.15, -0.1) is 10.2 Å². The fourth-order valence-corrected chi connectivity index (χ4v) is 1.87. The van der Waals surface area contributed by atoms with Crippen LogP contribution in [0, 0.1) is 0 Å². The van der Waals surface area contributed by atoms with Crippen LogP contribution in [0.4, 0.5) is 0 Å². The normalized spacial score (nSPS) is 10.5. The van der Waals surface area contributed by atoms with Crippen LogP contribution in [0.2, 0.25) is 0 Å². The number of hydrogen-bond donors (Lipinski definition) is 0. The Morgan fingerprint density at radius 2 is 1.62 bits per heavy atom. The van der Waals surface area contributed by atoms with Crippen LogP contribution < -0.4 is 0 Å². The fourth-order valence-electron chi connectivity index (χ4n) is 1.87. The van der Waals surface area contributed by atoms with E-state index in [1.807, 2.05) is 27.7 Å². The van der Waals surface area contributed by atoms with Crippen molar-refractivity contribution in [1.82, 2.24) is 30.0 Å². The minimum atomic E-state index is -0.319. The zero-order chi connectivity index (χ0) is 19.7. The Labute approximate surface area is 152 Å². The quantitative estimate of drug-likeness (QED) is 0.699. The highest BCUT2D eigenvalue weighted by Crippen LogP contribution is 2.11. The van der Waals surface area contributed by atoms with Crippen molar-refractivity contribution in [2.45, 2.75) is 52.6 Å². The summed E-state index contributed by atoms with van der Waals surface area (Å²) in [6.07, 6.45) is 3.41. The summed E-state index contributed by atoms with van der Waals surface area (Å²) in [5.74, 6) is -0.00124. The molecule has 2 rings (SSSR count). The number of carbonyl (C=O) groups excluding carboxylic acids is 2. The molecule has 2 heterocycles. The van der Waals surface area contributed by atoms with Crippen LogP contribution in [0.1, 0.15) is 50.9 Å². The summed E-state index contributed by atoms with van der Waals surface area (Å²) in [5.41, 5.74) is 1.81. The Morgan fingerprint density at radius 3 is 2.12 bits per heavy atom. The summed E-state index contributed by atoms with van der Waals surface area (Å²) in [5, 5.41) is 15.2. The molecule has 0 aliphatic rings. The number of aromatic nitrogens is 6. The highest BCUT2D eigenvalue weighted by Gasteiger charge is 2.11. The van der Waals surface area contributed by atoms with E-state index in [9.17, 15) is 9.59 Å². The third-order valence-electron chi connectivity index (χ3n) is 3.41. The highest BCUT2D eigenvalue weighted by atomic mass is 16.5. The van der Waals surface area contributed by atoms with Crippen LogP contribution in [0.3, 0.4) is 0 Å². The fraction of sp³-hybridized carbons (Fsp3) is 0.625. The summed E-state index contributed by atoms with van der Waals surface area (Å²) in [7, 11) is 2.71. The van der Waals surface area contributed by atoms with E-state index in [1.54, 1.807) is 17.1 Å². The number of carbonyl (C=O) groups is 2. The SMILES string of the molecule is COC(=O)Cn1cc(C(C)C)nn1.COC(=O)Cn1nncc1C(C)C. The number of methoxy groups -OCH3 is 2. The maximum absolute atomic E-state index is 10.9. The van der Waals surface area contributed by atoms with Crippen LogP contribution in [-0.4, -0.2) is 56.1 Å². The standard InChI is InChI=1S/2C8H13N3O2/c1-6(2)7-4-11(10-9-7)5-8(12)13-3;1-6(2)7-4-9-10-11(7)5-8(12)13-3/h2*4,6H,5H2,1-3H3. The largest absolute Gasteiger partial charge is 0.468 e. The van der Waals surface area contributed by atoms with Gasteiger partial charge in [-0.2, -0.15) is 0 Å². The summed E-state index contributed by atoms with van der Waals surface area (Å²) in [6.45, 7) is 8.33.